The number of rotatable bonds is 20. The van der Waals surface area contributed by atoms with Crippen LogP contribution in [0.15, 0.2) is 72.9 Å². The van der Waals surface area contributed by atoms with Crippen molar-refractivity contribution in [2.75, 3.05) is 13.2 Å². The minimum atomic E-state index is -1.56. The largest absolute Gasteiger partial charge is 0.490 e. The molecule has 0 spiro atoms. The van der Waals surface area contributed by atoms with E-state index in [0.717, 1.165) is 43.1 Å². The van der Waals surface area contributed by atoms with Crippen LogP contribution >= 0.6 is 0 Å². The molecule has 3 amide bonds. The number of H-pyrrole nitrogens is 1. The lowest BCUT2D eigenvalue weighted by molar-refractivity contribution is -0.140. The summed E-state index contributed by atoms with van der Waals surface area (Å²) in [6.45, 7) is 7.93. The first-order chi connectivity index (χ1) is 27.0. The normalized spacial score (nSPS) is 16.6. The zero-order valence-corrected chi connectivity index (χ0v) is 32.9. The van der Waals surface area contributed by atoms with Gasteiger partial charge in [0.15, 0.2) is 11.4 Å². The van der Waals surface area contributed by atoms with Crippen LogP contribution in [0.2, 0.25) is 0 Å². The Hall–Kier alpha value is -5.01. The summed E-state index contributed by atoms with van der Waals surface area (Å²) >= 11 is 0. The molecule has 2 heterocycles. The number of nitrogens with one attached hydrogen (secondary N) is 4. The highest BCUT2D eigenvalue weighted by molar-refractivity contribution is 5.95. The van der Waals surface area contributed by atoms with Gasteiger partial charge in [-0.3, -0.25) is 14.4 Å². The molecule has 13 nitrogen and oxygen atoms in total. The van der Waals surface area contributed by atoms with Gasteiger partial charge in [-0.25, -0.2) is 9.97 Å². The van der Waals surface area contributed by atoms with Crippen LogP contribution in [0, 0.1) is 23.7 Å². The highest BCUT2D eigenvalue weighted by Gasteiger charge is 2.41. The van der Waals surface area contributed by atoms with Crippen LogP contribution < -0.4 is 25.4 Å². The first-order valence-corrected chi connectivity index (χ1v) is 20.0. The van der Waals surface area contributed by atoms with Crippen molar-refractivity contribution >= 4 is 28.8 Å². The Balaban J connectivity index is 1.27. The monoisotopic (exact) mass is 770 g/mol. The average Bonchev–Trinajstić information content (AvgIpc) is 3.64. The highest BCUT2D eigenvalue weighted by atomic mass is 16.5. The van der Waals surface area contributed by atoms with Crippen molar-refractivity contribution in [1.29, 1.82) is 0 Å². The SMILES string of the molecule is CCC(C)[C@H](NC(=O)[C@H](C(C)C)[C@@H](O)[C@H](O)[C@H](CC1CCCCC1)NC(=O)c1ncccc1OCCOc1ccccc1)C(=O)NCc1nc2ccccc2[nH]1. The van der Waals surface area contributed by atoms with Gasteiger partial charge >= 0.3 is 0 Å². The number of para-hydroxylation sites is 3. The standard InChI is InChI=1S/C43H58N6O7/c1-5-28(4)37(42(53)45-26-35-46-31-19-12-13-20-32(31)47-35)49-41(52)36(27(2)3)40(51)39(50)33(25-29-15-8-6-9-16-29)48-43(54)38-34(21-14-22-44-38)56-24-23-55-30-17-10-7-11-18-30/h7,10-14,17-22,27-29,33,36-37,39-40,50-51H,5-6,8-9,15-16,23-26H2,1-4H3,(H,45,53)(H,46,47)(H,48,54)(H,49,52)/t28?,33-,36+,37-,39+,40+/m0/s1. The number of carbonyl (C=O) groups is 3. The lowest BCUT2D eigenvalue weighted by Gasteiger charge is -2.36. The lowest BCUT2D eigenvalue weighted by Crippen LogP contribution is -2.57. The molecule has 1 saturated carbocycles. The van der Waals surface area contributed by atoms with Crippen LogP contribution in [0.5, 0.6) is 11.5 Å². The summed E-state index contributed by atoms with van der Waals surface area (Å²) in [7, 11) is 0. The molecule has 0 radical (unpaired) electrons. The molecule has 56 heavy (non-hydrogen) atoms. The predicted octanol–water partition coefficient (Wildman–Crippen LogP) is 5.33. The quantitative estimate of drug-likeness (QED) is 0.0647. The molecule has 1 aliphatic rings. The molecule has 1 fully saturated rings. The Kier molecular flexibility index (Phi) is 15.6. The van der Waals surface area contributed by atoms with Crippen molar-refractivity contribution < 1.29 is 34.1 Å². The lowest BCUT2D eigenvalue weighted by atomic mass is 9.79. The molecule has 1 unspecified atom stereocenters. The minimum absolute atomic E-state index is 0.0331. The van der Waals surface area contributed by atoms with Gasteiger partial charge in [0.2, 0.25) is 11.8 Å². The van der Waals surface area contributed by atoms with Crippen molar-refractivity contribution in [1.82, 2.24) is 30.9 Å². The third-order valence-electron chi connectivity index (χ3n) is 10.8. The highest BCUT2D eigenvalue weighted by Crippen LogP contribution is 2.30. The number of benzene rings is 2. The van der Waals surface area contributed by atoms with Crippen molar-refractivity contribution in [3.8, 4) is 11.5 Å². The number of amides is 3. The van der Waals surface area contributed by atoms with E-state index in [0.29, 0.717) is 24.4 Å². The molecule has 0 saturated heterocycles. The number of imidazole rings is 1. The van der Waals surface area contributed by atoms with E-state index in [-0.39, 0.29) is 48.9 Å². The fourth-order valence-electron chi connectivity index (χ4n) is 7.43. The molecule has 2 aromatic heterocycles. The van der Waals surface area contributed by atoms with Crippen LogP contribution in [-0.4, -0.2) is 80.4 Å². The molecule has 13 heteroatoms. The van der Waals surface area contributed by atoms with Crippen molar-refractivity contribution in [3.63, 3.8) is 0 Å². The third-order valence-corrected chi connectivity index (χ3v) is 10.8. The number of nitrogens with zero attached hydrogens (tertiary/aromatic N) is 2. The van der Waals surface area contributed by atoms with Gasteiger partial charge in [0.05, 0.1) is 35.6 Å². The predicted molar refractivity (Wildman–Crippen MR) is 214 cm³/mol. The van der Waals surface area contributed by atoms with Crippen LogP contribution in [0.25, 0.3) is 11.0 Å². The van der Waals surface area contributed by atoms with Crippen LogP contribution in [0.3, 0.4) is 0 Å². The molecule has 6 atom stereocenters. The number of aromatic amines is 1. The van der Waals surface area contributed by atoms with E-state index < -0.39 is 47.9 Å². The van der Waals surface area contributed by atoms with Crippen molar-refractivity contribution in [2.45, 2.75) is 103 Å². The molecule has 1 aliphatic carbocycles. The maximum absolute atomic E-state index is 14.1. The molecule has 4 aromatic rings. The van der Waals surface area contributed by atoms with Crippen LogP contribution in [-0.2, 0) is 16.1 Å². The first kappa shape index (κ1) is 42.1. The number of fused-ring (bicyclic) bond motifs is 1. The minimum Gasteiger partial charge on any atom is -0.490 e. The van der Waals surface area contributed by atoms with Gasteiger partial charge in [0, 0.05) is 6.20 Å². The van der Waals surface area contributed by atoms with Gasteiger partial charge in [0.1, 0.15) is 36.9 Å². The molecule has 2 aromatic carbocycles. The van der Waals surface area contributed by atoms with Crippen molar-refractivity contribution in [2.24, 2.45) is 23.7 Å². The maximum Gasteiger partial charge on any atom is 0.274 e. The first-order valence-electron chi connectivity index (χ1n) is 20.0. The maximum atomic E-state index is 14.1. The van der Waals surface area contributed by atoms with E-state index in [1.165, 1.54) is 6.20 Å². The smallest absolute Gasteiger partial charge is 0.274 e. The Morgan fingerprint density at radius 3 is 2.29 bits per heavy atom. The van der Waals surface area contributed by atoms with Gasteiger partial charge in [-0.05, 0) is 60.6 Å². The van der Waals surface area contributed by atoms with Gasteiger partial charge in [-0.1, -0.05) is 96.6 Å². The summed E-state index contributed by atoms with van der Waals surface area (Å²) in [6.07, 6.45) is 4.51. The molecular weight excluding hydrogens is 713 g/mol. The number of ether oxygens (including phenoxy) is 2. The number of pyridine rings is 1. The second kappa shape index (κ2) is 20.8. The molecule has 5 rings (SSSR count). The van der Waals surface area contributed by atoms with E-state index in [4.69, 9.17) is 9.47 Å². The van der Waals surface area contributed by atoms with Crippen molar-refractivity contribution in [3.05, 3.63) is 84.4 Å². The zero-order chi connectivity index (χ0) is 40.0. The number of carbonyl (C=O) groups excluding carboxylic acids is 3. The molecule has 0 aliphatic heterocycles. The summed E-state index contributed by atoms with van der Waals surface area (Å²) in [5.74, 6) is -1.51. The van der Waals surface area contributed by atoms with E-state index in [2.05, 4.69) is 30.9 Å². The molecule has 302 valence electrons. The van der Waals surface area contributed by atoms with Gasteiger partial charge in [-0.2, -0.15) is 0 Å². The fourth-order valence-corrected chi connectivity index (χ4v) is 7.43. The van der Waals surface area contributed by atoms with E-state index in [9.17, 15) is 24.6 Å². The summed E-state index contributed by atoms with van der Waals surface area (Å²) in [5.41, 5.74) is 1.67. The molecular formula is C43H58N6O7. The molecule has 0 bridgehead atoms. The van der Waals surface area contributed by atoms with Gasteiger partial charge in [-0.15, -0.1) is 0 Å². The zero-order valence-electron chi connectivity index (χ0n) is 32.9. The van der Waals surface area contributed by atoms with Gasteiger partial charge in [0.25, 0.3) is 5.91 Å². The Morgan fingerprint density at radius 2 is 1.57 bits per heavy atom. The fraction of sp³-hybridized carbons (Fsp3) is 0.512. The van der Waals surface area contributed by atoms with Gasteiger partial charge < -0.3 is 40.6 Å². The average molecular weight is 771 g/mol. The second-order valence-electron chi connectivity index (χ2n) is 15.2. The Labute approximate surface area is 329 Å². The summed E-state index contributed by atoms with van der Waals surface area (Å²) < 4.78 is 11.6. The number of aromatic nitrogens is 3. The topological polar surface area (TPSA) is 188 Å². The van der Waals surface area contributed by atoms with Crippen LogP contribution in [0.4, 0.5) is 0 Å². The number of hydrogen-bond donors (Lipinski definition) is 6. The van der Waals surface area contributed by atoms with E-state index in [1.54, 1.807) is 26.0 Å². The number of aliphatic hydroxyl groups is 2. The van der Waals surface area contributed by atoms with Crippen LogP contribution in [0.1, 0.15) is 89.0 Å². The van der Waals surface area contributed by atoms with E-state index >= 15 is 0 Å². The summed E-state index contributed by atoms with van der Waals surface area (Å²) in [4.78, 5) is 53.5. The summed E-state index contributed by atoms with van der Waals surface area (Å²) in [5, 5.41) is 32.5. The summed E-state index contributed by atoms with van der Waals surface area (Å²) in [6, 6.07) is 18.4. The number of aliphatic hydroxyl groups excluding tert-OH is 2. The third kappa shape index (κ3) is 11.5. The Bertz CT molecular complexity index is 1810. The molecule has 6 N–H and O–H groups in total. The second-order valence-corrected chi connectivity index (χ2v) is 15.2. The Morgan fingerprint density at radius 1 is 0.857 bits per heavy atom. The van der Waals surface area contributed by atoms with E-state index in [1.807, 2.05) is 68.4 Å². The number of hydrogen-bond acceptors (Lipinski definition) is 9.